The largest absolute Gasteiger partial charge is 0.338 e. The summed E-state index contributed by atoms with van der Waals surface area (Å²) >= 11 is 7.29. The van der Waals surface area contributed by atoms with Gasteiger partial charge in [0.05, 0.1) is 5.25 Å². The standard InChI is InChI=1S/C25H24ClN3O2S/c1-17-11-13-28(14-12-17)23(30)21(16-27)25-29(20-5-3-2-4-6-20)24(31)22(32-25)15-18-7-9-19(26)10-8-18/h2-10,17,22H,11-15H2,1H3/b25-21-/t22-/m1/s1. The van der Waals surface area contributed by atoms with Crippen molar-refractivity contribution in [1.82, 2.24) is 4.90 Å². The van der Waals surface area contributed by atoms with Crippen LogP contribution in [0.25, 0.3) is 0 Å². The van der Waals surface area contributed by atoms with E-state index >= 15 is 0 Å². The first kappa shape index (κ1) is 22.4. The number of halogens is 1. The van der Waals surface area contributed by atoms with Crippen LogP contribution in [0.4, 0.5) is 5.69 Å². The highest BCUT2D eigenvalue weighted by atomic mass is 35.5. The Morgan fingerprint density at radius 3 is 2.41 bits per heavy atom. The molecule has 1 atom stereocenters. The van der Waals surface area contributed by atoms with Crippen molar-refractivity contribution in [1.29, 1.82) is 5.26 Å². The smallest absolute Gasteiger partial charge is 0.267 e. The molecule has 7 heteroatoms. The molecule has 4 rings (SSSR count). The zero-order valence-corrected chi connectivity index (χ0v) is 19.4. The molecule has 0 spiro atoms. The first-order valence-corrected chi connectivity index (χ1v) is 12.0. The third-order valence-corrected chi connectivity index (χ3v) is 7.43. The molecule has 0 aromatic heterocycles. The summed E-state index contributed by atoms with van der Waals surface area (Å²) in [5.41, 5.74) is 1.68. The number of nitrogens with zero attached hydrogens (tertiary/aromatic N) is 3. The molecule has 5 nitrogen and oxygen atoms in total. The van der Waals surface area contributed by atoms with E-state index in [1.54, 1.807) is 17.0 Å². The molecule has 2 fully saturated rings. The maximum Gasteiger partial charge on any atom is 0.267 e. The highest BCUT2D eigenvalue weighted by Crippen LogP contribution is 2.42. The van der Waals surface area contributed by atoms with Crippen LogP contribution in [0.2, 0.25) is 5.02 Å². The van der Waals surface area contributed by atoms with E-state index in [-0.39, 0.29) is 17.4 Å². The van der Waals surface area contributed by atoms with Crippen molar-refractivity contribution in [3.05, 3.63) is 75.8 Å². The Labute approximate surface area is 197 Å². The maximum atomic E-state index is 13.5. The van der Waals surface area contributed by atoms with Gasteiger partial charge in [0.2, 0.25) is 5.91 Å². The maximum absolute atomic E-state index is 13.5. The van der Waals surface area contributed by atoms with Crippen LogP contribution in [-0.4, -0.2) is 35.1 Å². The Balaban J connectivity index is 1.69. The van der Waals surface area contributed by atoms with Crippen LogP contribution in [0.3, 0.4) is 0 Å². The average molecular weight is 466 g/mol. The van der Waals surface area contributed by atoms with Crippen molar-refractivity contribution < 1.29 is 9.59 Å². The van der Waals surface area contributed by atoms with Gasteiger partial charge in [-0.15, -0.1) is 0 Å². The number of carbonyl (C=O) groups is 2. The number of thioether (sulfide) groups is 1. The molecule has 0 saturated carbocycles. The van der Waals surface area contributed by atoms with Gasteiger partial charge in [-0.05, 0) is 55.0 Å². The molecule has 2 aromatic carbocycles. The van der Waals surface area contributed by atoms with Crippen LogP contribution in [0.5, 0.6) is 0 Å². The van der Waals surface area contributed by atoms with Crippen molar-refractivity contribution in [3.63, 3.8) is 0 Å². The van der Waals surface area contributed by atoms with Gasteiger partial charge in [0.25, 0.3) is 5.91 Å². The molecule has 0 radical (unpaired) electrons. The average Bonchev–Trinajstić information content (AvgIpc) is 3.12. The SMILES string of the molecule is CC1CCN(C(=O)/C(C#N)=C2\S[C@H](Cc3ccc(Cl)cc3)C(=O)N2c2ccccc2)CC1. The van der Waals surface area contributed by atoms with Gasteiger partial charge < -0.3 is 4.90 Å². The Kier molecular flexibility index (Phi) is 6.88. The van der Waals surface area contributed by atoms with Gasteiger partial charge in [-0.2, -0.15) is 5.26 Å². The monoisotopic (exact) mass is 465 g/mol. The van der Waals surface area contributed by atoms with E-state index in [1.807, 2.05) is 42.5 Å². The fourth-order valence-electron chi connectivity index (χ4n) is 3.99. The lowest BCUT2D eigenvalue weighted by Crippen LogP contribution is -2.39. The van der Waals surface area contributed by atoms with Crippen molar-refractivity contribution in [2.75, 3.05) is 18.0 Å². The lowest BCUT2D eigenvalue weighted by Gasteiger charge is -2.30. The number of rotatable bonds is 4. The number of amides is 2. The van der Waals surface area contributed by atoms with E-state index in [0.29, 0.717) is 41.2 Å². The summed E-state index contributed by atoms with van der Waals surface area (Å²) in [5, 5.41) is 10.6. The van der Waals surface area contributed by atoms with Crippen LogP contribution in [0.1, 0.15) is 25.3 Å². The summed E-state index contributed by atoms with van der Waals surface area (Å²) in [4.78, 5) is 30.0. The first-order chi connectivity index (χ1) is 15.5. The minimum atomic E-state index is -0.427. The number of hydrogen-bond acceptors (Lipinski definition) is 4. The van der Waals surface area contributed by atoms with E-state index in [9.17, 15) is 14.9 Å². The van der Waals surface area contributed by atoms with Crippen molar-refractivity contribution in [2.24, 2.45) is 5.92 Å². The number of nitriles is 1. The quantitative estimate of drug-likeness (QED) is 0.469. The van der Waals surface area contributed by atoms with Gasteiger partial charge in [0, 0.05) is 23.8 Å². The molecular formula is C25H24ClN3O2S. The first-order valence-electron chi connectivity index (χ1n) is 10.7. The van der Waals surface area contributed by atoms with Gasteiger partial charge in [-0.25, -0.2) is 0 Å². The molecule has 2 aromatic rings. The van der Waals surface area contributed by atoms with Crippen LogP contribution in [0, 0.1) is 17.2 Å². The van der Waals surface area contributed by atoms with Crippen molar-refractivity contribution >= 4 is 40.9 Å². The zero-order chi connectivity index (χ0) is 22.7. The van der Waals surface area contributed by atoms with Crippen molar-refractivity contribution in [2.45, 2.75) is 31.4 Å². The van der Waals surface area contributed by atoms with Gasteiger partial charge in [0.15, 0.2) is 0 Å². The van der Waals surface area contributed by atoms with E-state index in [1.165, 1.54) is 16.7 Å². The summed E-state index contributed by atoms with van der Waals surface area (Å²) in [6.45, 7) is 3.45. The van der Waals surface area contributed by atoms with E-state index in [0.717, 1.165) is 18.4 Å². The van der Waals surface area contributed by atoms with E-state index < -0.39 is 5.25 Å². The molecule has 2 heterocycles. The van der Waals surface area contributed by atoms with E-state index in [4.69, 9.17) is 11.6 Å². The highest BCUT2D eigenvalue weighted by molar-refractivity contribution is 8.05. The van der Waals surface area contributed by atoms with Gasteiger partial charge in [-0.1, -0.05) is 60.6 Å². The second-order valence-electron chi connectivity index (χ2n) is 8.21. The highest BCUT2D eigenvalue weighted by Gasteiger charge is 2.41. The number of para-hydroxylation sites is 1. The van der Waals surface area contributed by atoms with Crippen LogP contribution >= 0.6 is 23.4 Å². The summed E-state index contributed by atoms with van der Waals surface area (Å²) < 4.78 is 0. The van der Waals surface area contributed by atoms with E-state index in [2.05, 4.69) is 13.0 Å². The number of carbonyl (C=O) groups excluding carboxylic acids is 2. The third-order valence-electron chi connectivity index (χ3n) is 5.91. The molecule has 2 saturated heterocycles. The van der Waals surface area contributed by atoms with Gasteiger partial charge >= 0.3 is 0 Å². The number of benzene rings is 2. The Bertz CT molecular complexity index is 1070. The molecule has 0 N–H and O–H groups in total. The number of hydrogen-bond donors (Lipinski definition) is 0. The molecule has 0 unspecified atom stereocenters. The predicted octanol–water partition coefficient (Wildman–Crippen LogP) is 5.02. The normalized spacial score (nSPS) is 20.9. The van der Waals surface area contributed by atoms with Gasteiger partial charge in [0.1, 0.15) is 16.7 Å². The summed E-state index contributed by atoms with van der Waals surface area (Å²) in [6.07, 6.45) is 2.34. The summed E-state index contributed by atoms with van der Waals surface area (Å²) in [5.74, 6) is 0.158. The molecule has 32 heavy (non-hydrogen) atoms. The topological polar surface area (TPSA) is 64.4 Å². The Morgan fingerprint density at radius 1 is 1.12 bits per heavy atom. The zero-order valence-electron chi connectivity index (χ0n) is 17.8. The molecular weight excluding hydrogens is 442 g/mol. The minimum absolute atomic E-state index is 0.0420. The second kappa shape index (κ2) is 9.81. The van der Waals surface area contributed by atoms with Crippen LogP contribution in [0.15, 0.2) is 65.2 Å². The van der Waals surface area contributed by atoms with Crippen LogP contribution < -0.4 is 4.90 Å². The third kappa shape index (κ3) is 4.69. The lowest BCUT2D eigenvalue weighted by atomic mass is 9.99. The molecule has 164 valence electrons. The fourth-order valence-corrected chi connectivity index (χ4v) is 5.42. The fraction of sp³-hybridized carbons (Fsp3) is 0.320. The second-order valence-corrected chi connectivity index (χ2v) is 9.84. The van der Waals surface area contributed by atoms with Crippen molar-refractivity contribution in [3.8, 4) is 6.07 Å². The molecule has 0 bridgehead atoms. The number of likely N-dealkylation sites (tertiary alicyclic amines) is 1. The predicted molar refractivity (Wildman–Crippen MR) is 128 cm³/mol. The molecule has 2 aliphatic heterocycles. The van der Waals surface area contributed by atoms with Gasteiger partial charge in [-0.3, -0.25) is 14.5 Å². The molecule has 2 aliphatic rings. The molecule has 0 aliphatic carbocycles. The number of anilines is 1. The summed E-state index contributed by atoms with van der Waals surface area (Å²) in [7, 11) is 0. The van der Waals surface area contributed by atoms with Crippen LogP contribution in [-0.2, 0) is 16.0 Å². The Morgan fingerprint density at radius 2 is 1.78 bits per heavy atom. The summed E-state index contributed by atoms with van der Waals surface area (Å²) in [6, 6.07) is 18.7. The Hall–Kier alpha value is -2.75. The lowest BCUT2D eigenvalue weighted by molar-refractivity contribution is -0.128. The molecule has 2 amide bonds. The minimum Gasteiger partial charge on any atom is -0.338 e. The number of piperidine rings is 1.